The maximum Gasteiger partial charge on any atom is 0.318 e. The van der Waals surface area contributed by atoms with Gasteiger partial charge in [-0.15, -0.1) is 0 Å². The van der Waals surface area contributed by atoms with Crippen molar-refractivity contribution in [3.8, 4) is 0 Å². The third-order valence-electron chi connectivity index (χ3n) is 1.59. The summed E-state index contributed by atoms with van der Waals surface area (Å²) in [4.78, 5) is 12.0. The molecule has 2 nitrogen and oxygen atoms in total. The van der Waals surface area contributed by atoms with Gasteiger partial charge in [-0.05, 0) is 19.9 Å². The van der Waals surface area contributed by atoms with E-state index in [-0.39, 0.29) is 18.0 Å². The van der Waals surface area contributed by atoms with Gasteiger partial charge >= 0.3 is 5.97 Å². The van der Waals surface area contributed by atoms with Gasteiger partial charge in [0, 0.05) is 4.86 Å². The van der Waals surface area contributed by atoms with Crippen LogP contribution in [0, 0.1) is 5.92 Å². The van der Waals surface area contributed by atoms with Crippen LogP contribution in [-0.2, 0) is 9.53 Å². The van der Waals surface area contributed by atoms with E-state index in [0.717, 1.165) is 0 Å². The van der Waals surface area contributed by atoms with Crippen molar-refractivity contribution in [3.63, 3.8) is 0 Å². The van der Waals surface area contributed by atoms with Crippen molar-refractivity contribution < 1.29 is 9.53 Å². The van der Waals surface area contributed by atoms with Crippen molar-refractivity contribution >= 4 is 23.1 Å². The molecule has 0 aromatic rings. The normalized spacial score (nSPS) is 20.8. The maximum atomic E-state index is 11.4. The molecule has 0 aromatic heterocycles. The van der Waals surface area contributed by atoms with Crippen molar-refractivity contribution in [2.45, 2.75) is 20.0 Å². The van der Waals surface area contributed by atoms with Crippen LogP contribution < -0.4 is 0 Å². The zero-order valence-corrected chi connectivity index (χ0v) is 8.51. The molecule has 70 valence electrons. The molecule has 0 fully saturated rings. The Kier molecular flexibility index (Phi) is 3.37. The number of carbonyl (C=O) groups excluding carboxylic acids is 1. The second-order valence-electron chi connectivity index (χ2n) is 3.11. The topological polar surface area (TPSA) is 26.3 Å². The maximum absolute atomic E-state index is 11.4. The molecular weight excluding hydrogens is 184 g/mol. The first-order valence-electron chi connectivity index (χ1n) is 4.20. The molecule has 0 aliphatic heterocycles. The van der Waals surface area contributed by atoms with Crippen LogP contribution in [0.4, 0.5) is 0 Å². The Labute approximate surface area is 83.3 Å². The fourth-order valence-corrected chi connectivity index (χ4v) is 1.28. The van der Waals surface area contributed by atoms with Crippen LogP contribution in [0.3, 0.4) is 0 Å². The fourth-order valence-electron chi connectivity index (χ4n) is 1.02. The van der Waals surface area contributed by atoms with E-state index in [4.69, 9.17) is 17.0 Å². The minimum atomic E-state index is -0.373. The van der Waals surface area contributed by atoms with Crippen molar-refractivity contribution in [1.29, 1.82) is 0 Å². The highest BCUT2D eigenvalue weighted by molar-refractivity contribution is 7.80. The molecule has 0 bridgehead atoms. The average Bonchev–Trinajstić information content (AvgIpc) is 2.03. The summed E-state index contributed by atoms with van der Waals surface area (Å²) in [5, 5.41) is 0. The predicted molar refractivity (Wildman–Crippen MR) is 55.6 cm³/mol. The van der Waals surface area contributed by atoms with Crippen LogP contribution in [0.2, 0.25) is 0 Å². The van der Waals surface area contributed by atoms with Crippen LogP contribution in [-0.4, -0.2) is 16.9 Å². The van der Waals surface area contributed by atoms with E-state index in [1.54, 1.807) is 12.2 Å². The first-order valence-corrected chi connectivity index (χ1v) is 4.61. The minimum absolute atomic E-state index is 0.0883. The summed E-state index contributed by atoms with van der Waals surface area (Å²) in [7, 11) is 0. The van der Waals surface area contributed by atoms with Crippen LogP contribution in [0.15, 0.2) is 24.3 Å². The van der Waals surface area contributed by atoms with Gasteiger partial charge in [0.05, 0.1) is 6.10 Å². The highest BCUT2D eigenvalue weighted by Gasteiger charge is 2.22. The number of esters is 1. The summed E-state index contributed by atoms with van der Waals surface area (Å²) in [5.74, 6) is -0.636. The third kappa shape index (κ3) is 2.77. The van der Waals surface area contributed by atoms with Crippen molar-refractivity contribution in [1.82, 2.24) is 0 Å². The molecule has 0 amide bonds. The molecule has 3 heteroatoms. The smallest absolute Gasteiger partial charge is 0.318 e. The minimum Gasteiger partial charge on any atom is -0.462 e. The van der Waals surface area contributed by atoms with Gasteiger partial charge in [-0.1, -0.05) is 30.4 Å². The molecule has 1 rings (SSSR count). The van der Waals surface area contributed by atoms with Crippen LogP contribution in [0.1, 0.15) is 13.8 Å². The monoisotopic (exact) mass is 196 g/mol. The second-order valence-corrected chi connectivity index (χ2v) is 3.58. The van der Waals surface area contributed by atoms with E-state index in [1.807, 2.05) is 26.0 Å². The molecule has 0 aromatic carbocycles. The first-order chi connectivity index (χ1) is 6.11. The van der Waals surface area contributed by atoms with Gasteiger partial charge in [0.15, 0.2) is 0 Å². The highest BCUT2D eigenvalue weighted by Crippen LogP contribution is 2.12. The fraction of sp³-hybridized carbons (Fsp3) is 0.400. The summed E-state index contributed by atoms with van der Waals surface area (Å²) in [6.45, 7) is 3.65. The van der Waals surface area contributed by atoms with Gasteiger partial charge in [-0.2, -0.15) is 0 Å². The number of rotatable bonds is 2. The predicted octanol–water partition coefficient (Wildman–Crippen LogP) is 2.05. The molecule has 0 radical (unpaired) electrons. The lowest BCUT2D eigenvalue weighted by Crippen LogP contribution is -2.25. The average molecular weight is 196 g/mol. The number of carbonyl (C=O) groups is 1. The number of thiocarbonyl (C=S) groups is 1. The Morgan fingerprint density at radius 1 is 1.54 bits per heavy atom. The van der Waals surface area contributed by atoms with Gasteiger partial charge in [-0.3, -0.25) is 4.79 Å². The number of allylic oxidation sites excluding steroid dienone is 3. The Morgan fingerprint density at radius 3 is 2.77 bits per heavy atom. The lowest BCUT2D eigenvalue weighted by atomic mass is 10.0. The Morgan fingerprint density at radius 2 is 2.23 bits per heavy atom. The lowest BCUT2D eigenvalue weighted by Gasteiger charge is -2.15. The Hall–Kier alpha value is -0.960. The van der Waals surface area contributed by atoms with Gasteiger partial charge < -0.3 is 4.74 Å². The van der Waals surface area contributed by atoms with Gasteiger partial charge in [-0.25, -0.2) is 0 Å². The zero-order chi connectivity index (χ0) is 9.84. The molecule has 0 heterocycles. The molecule has 0 spiro atoms. The molecule has 0 saturated carbocycles. The Bertz CT molecular complexity index is 277. The van der Waals surface area contributed by atoms with Gasteiger partial charge in [0.1, 0.15) is 5.92 Å². The molecule has 1 unspecified atom stereocenters. The van der Waals surface area contributed by atoms with E-state index in [2.05, 4.69) is 0 Å². The number of hydrogen-bond acceptors (Lipinski definition) is 3. The summed E-state index contributed by atoms with van der Waals surface area (Å²) in [6, 6.07) is 0. The molecule has 1 aliphatic carbocycles. The first kappa shape index (κ1) is 10.1. The molecule has 0 saturated heterocycles. The van der Waals surface area contributed by atoms with Gasteiger partial charge in [0.25, 0.3) is 0 Å². The number of ether oxygens (including phenoxy) is 1. The molecule has 1 aliphatic rings. The molecule has 0 N–H and O–H groups in total. The van der Waals surface area contributed by atoms with Crippen molar-refractivity contribution in [2.75, 3.05) is 0 Å². The van der Waals surface area contributed by atoms with Crippen molar-refractivity contribution in [3.05, 3.63) is 24.3 Å². The van der Waals surface area contributed by atoms with E-state index < -0.39 is 0 Å². The third-order valence-corrected chi connectivity index (χ3v) is 1.98. The van der Waals surface area contributed by atoms with E-state index in [1.165, 1.54) is 0 Å². The van der Waals surface area contributed by atoms with Crippen LogP contribution >= 0.6 is 12.2 Å². The quantitative estimate of drug-likeness (QED) is 0.499. The molecule has 1 atom stereocenters. The van der Waals surface area contributed by atoms with Crippen molar-refractivity contribution in [2.24, 2.45) is 5.92 Å². The second kappa shape index (κ2) is 4.33. The lowest BCUT2D eigenvalue weighted by molar-refractivity contribution is -0.148. The highest BCUT2D eigenvalue weighted by atomic mass is 32.1. The molecular formula is C10H12O2S. The SMILES string of the molecule is CC(C)OC(=O)C1C=CC=CC1=S. The van der Waals surface area contributed by atoms with Gasteiger partial charge in [0.2, 0.25) is 0 Å². The van der Waals surface area contributed by atoms with Crippen LogP contribution in [0.5, 0.6) is 0 Å². The van der Waals surface area contributed by atoms with E-state index in [9.17, 15) is 4.79 Å². The van der Waals surface area contributed by atoms with Crippen LogP contribution in [0.25, 0.3) is 0 Å². The summed E-state index contributed by atoms with van der Waals surface area (Å²) in [5.41, 5.74) is 0. The standard InChI is InChI=1S/C10H12O2S/c1-7(2)12-10(11)8-5-3-4-6-9(8)13/h3-8H,1-2H3. The van der Waals surface area contributed by atoms with E-state index >= 15 is 0 Å². The van der Waals surface area contributed by atoms with E-state index in [0.29, 0.717) is 4.86 Å². The summed E-state index contributed by atoms with van der Waals surface area (Å²) in [6.07, 6.45) is 7.05. The Balaban J connectivity index is 2.62. The summed E-state index contributed by atoms with van der Waals surface area (Å²) >= 11 is 5.02. The molecule has 13 heavy (non-hydrogen) atoms. The zero-order valence-electron chi connectivity index (χ0n) is 7.69. The largest absolute Gasteiger partial charge is 0.462 e. The summed E-state index contributed by atoms with van der Waals surface area (Å²) < 4.78 is 5.05. The number of hydrogen-bond donors (Lipinski definition) is 0.